The van der Waals surface area contributed by atoms with Crippen molar-refractivity contribution in [1.29, 1.82) is 0 Å². The van der Waals surface area contributed by atoms with Crippen molar-refractivity contribution < 1.29 is 0 Å². The summed E-state index contributed by atoms with van der Waals surface area (Å²) >= 11 is 1.77. The number of benzene rings is 2. The number of aromatic nitrogens is 2. The zero-order chi connectivity index (χ0) is 15.8. The second-order valence-corrected chi connectivity index (χ2v) is 6.65. The van der Waals surface area contributed by atoms with Gasteiger partial charge >= 0.3 is 0 Å². The van der Waals surface area contributed by atoms with E-state index in [1.54, 1.807) is 11.8 Å². The molecule has 4 heteroatoms. The predicted molar refractivity (Wildman–Crippen MR) is 97.7 cm³/mol. The molecule has 0 fully saturated rings. The van der Waals surface area contributed by atoms with Gasteiger partial charge in [0.2, 0.25) is 0 Å². The Balaban J connectivity index is 1.90. The molecule has 1 aromatic heterocycles. The maximum absolute atomic E-state index is 4.95. The molecule has 0 spiro atoms. The van der Waals surface area contributed by atoms with Crippen molar-refractivity contribution in [2.24, 2.45) is 0 Å². The molecule has 116 valence electrons. The third-order valence-electron chi connectivity index (χ3n) is 4.29. The fourth-order valence-electron chi connectivity index (χ4n) is 3.10. The highest BCUT2D eigenvalue weighted by atomic mass is 32.2. The van der Waals surface area contributed by atoms with Gasteiger partial charge in [-0.3, -0.25) is 0 Å². The molecule has 0 atom stereocenters. The van der Waals surface area contributed by atoms with Gasteiger partial charge < -0.3 is 5.32 Å². The molecule has 0 saturated heterocycles. The van der Waals surface area contributed by atoms with Gasteiger partial charge in [-0.05, 0) is 37.8 Å². The molecule has 1 aliphatic rings. The molecule has 2 aromatic carbocycles. The first-order valence-corrected chi connectivity index (χ1v) is 9.06. The molecule has 2 heterocycles. The summed E-state index contributed by atoms with van der Waals surface area (Å²) in [6, 6.07) is 17.0. The Hall–Kier alpha value is -2.20. The Bertz CT molecular complexity index is 850. The molecule has 0 saturated carbocycles. The summed E-state index contributed by atoms with van der Waals surface area (Å²) < 4.78 is 2.05. The van der Waals surface area contributed by atoms with Crippen molar-refractivity contribution in [2.75, 3.05) is 18.1 Å². The molecule has 0 radical (unpaired) electrons. The van der Waals surface area contributed by atoms with Crippen LogP contribution in [0.1, 0.15) is 11.1 Å². The van der Waals surface area contributed by atoms with E-state index in [1.807, 2.05) is 4.68 Å². The fraction of sp³-hybridized carbons (Fsp3) is 0.211. The fourth-order valence-corrected chi connectivity index (χ4v) is 3.70. The summed E-state index contributed by atoms with van der Waals surface area (Å²) in [5, 5.41) is 8.45. The molecule has 3 nitrogen and oxygen atoms in total. The van der Waals surface area contributed by atoms with E-state index in [0.717, 1.165) is 30.2 Å². The highest BCUT2D eigenvalue weighted by Crippen LogP contribution is 2.38. The highest BCUT2D eigenvalue weighted by molar-refractivity contribution is 7.98. The molecule has 23 heavy (non-hydrogen) atoms. The van der Waals surface area contributed by atoms with Crippen LogP contribution < -0.4 is 5.32 Å². The maximum Gasteiger partial charge on any atom is 0.133 e. The lowest BCUT2D eigenvalue weighted by molar-refractivity contribution is 0.881. The normalized spacial score (nSPS) is 13.0. The third-order valence-corrected chi connectivity index (χ3v) is 5.09. The second-order valence-electron chi connectivity index (χ2n) is 5.80. The van der Waals surface area contributed by atoms with Crippen molar-refractivity contribution in [3.05, 3.63) is 59.7 Å². The standard InChI is InChI=1S/C19H19N3S/c1-13-7-9-14(10-8-13)22-19-16(11-12-20-19)18(21-22)15-5-3-4-6-17(15)23-2/h3-10,20H,11-12H2,1-2H3. The van der Waals surface area contributed by atoms with Gasteiger partial charge in [-0.25, -0.2) is 4.68 Å². The van der Waals surface area contributed by atoms with E-state index in [0.29, 0.717) is 0 Å². The first-order valence-electron chi connectivity index (χ1n) is 7.84. The van der Waals surface area contributed by atoms with Crippen molar-refractivity contribution in [3.8, 4) is 16.9 Å². The van der Waals surface area contributed by atoms with Crippen molar-refractivity contribution in [1.82, 2.24) is 9.78 Å². The number of hydrogen-bond donors (Lipinski definition) is 1. The quantitative estimate of drug-likeness (QED) is 0.718. The van der Waals surface area contributed by atoms with Crippen LogP contribution in [-0.2, 0) is 6.42 Å². The summed E-state index contributed by atoms with van der Waals surface area (Å²) in [5.41, 5.74) is 6.03. The van der Waals surface area contributed by atoms with Crippen molar-refractivity contribution in [3.63, 3.8) is 0 Å². The van der Waals surface area contributed by atoms with Crippen LogP contribution in [0.25, 0.3) is 16.9 Å². The van der Waals surface area contributed by atoms with Crippen LogP contribution in [-0.4, -0.2) is 22.6 Å². The molecule has 0 unspecified atom stereocenters. The summed E-state index contributed by atoms with van der Waals surface area (Å²) in [6.07, 6.45) is 3.15. The Morgan fingerprint density at radius 2 is 1.87 bits per heavy atom. The van der Waals surface area contributed by atoms with Crippen molar-refractivity contribution in [2.45, 2.75) is 18.2 Å². The minimum Gasteiger partial charge on any atom is -0.369 e. The van der Waals surface area contributed by atoms with E-state index < -0.39 is 0 Å². The Morgan fingerprint density at radius 1 is 1.09 bits per heavy atom. The van der Waals surface area contributed by atoms with Gasteiger partial charge in [-0.15, -0.1) is 11.8 Å². The SMILES string of the molecule is CSc1ccccc1-c1nn(-c2ccc(C)cc2)c2c1CCN2. The average molecular weight is 321 g/mol. The number of anilines is 1. The maximum atomic E-state index is 4.95. The molecule has 1 N–H and O–H groups in total. The lowest BCUT2D eigenvalue weighted by Crippen LogP contribution is -2.04. The van der Waals surface area contributed by atoms with Crippen LogP contribution in [0.2, 0.25) is 0 Å². The molecular weight excluding hydrogens is 302 g/mol. The first kappa shape index (κ1) is 14.4. The molecule has 0 bridgehead atoms. The van der Waals surface area contributed by atoms with E-state index in [2.05, 4.69) is 67.0 Å². The highest BCUT2D eigenvalue weighted by Gasteiger charge is 2.24. The molecular formula is C19H19N3S. The van der Waals surface area contributed by atoms with E-state index in [4.69, 9.17) is 5.10 Å². The van der Waals surface area contributed by atoms with Gasteiger partial charge in [0.05, 0.1) is 11.4 Å². The zero-order valence-electron chi connectivity index (χ0n) is 13.3. The van der Waals surface area contributed by atoms with Gasteiger partial charge in [0, 0.05) is 22.6 Å². The van der Waals surface area contributed by atoms with E-state index in [1.165, 1.54) is 21.6 Å². The average Bonchev–Trinajstić information content (AvgIpc) is 3.18. The topological polar surface area (TPSA) is 29.9 Å². The number of nitrogens with zero attached hydrogens (tertiary/aromatic N) is 2. The molecule has 0 aliphatic carbocycles. The van der Waals surface area contributed by atoms with Crippen LogP contribution in [0, 0.1) is 6.92 Å². The van der Waals surface area contributed by atoms with Gasteiger partial charge in [-0.2, -0.15) is 5.10 Å². The van der Waals surface area contributed by atoms with Gasteiger partial charge in [0.15, 0.2) is 0 Å². The summed E-state index contributed by atoms with van der Waals surface area (Å²) in [7, 11) is 0. The predicted octanol–water partition coefficient (Wildman–Crippen LogP) is 4.54. The number of rotatable bonds is 3. The van der Waals surface area contributed by atoms with Crippen LogP contribution in [0.15, 0.2) is 53.4 Å². The van der Waals surface area contributed by atoms with Crippen LogP contribution in [0.5, 0.6) is 0 Å². The van der Waals surface area contributed by atoms with Crippen LogP contribution in [0.4, 0.5) is 5.82 Å². The molecule has 3 aromatic rings. The number of fused-ring (bicyclic) bond motifs is 1. The molecule has 1 aliphatic heterocycles. The lowest BCUT2D eigenvalue weighted by atomic mass is 10.1. The van der Waals surface area contributed by atoms with Crippen molar-refractivity contribution >= 4 is 17.6 Å². The van der Waals surface area contributed by atoms with Gasteiger partial charge in [0.25, 0.3) is 0 Å². The Morgan fingerprint density at radius 3 is 2.65 bits per heavy atom. The van der Waals surface area contributed by atoms with Gasteiger partial charge in [0.1, 0.15) is 5.82 Å². The Labute approximate surface area is 140 Å². The summed E-state index contributed by atoms with van der Waals surface area (Å²) in [6.45, 7) is 3.09. The zero-order valence-corrected chi connectivity index (χ0v) is 14.2. The minimum absolute atomic E-state index is 0.980. The smallest absolute Gasteiger partial charge is 0.133 e. The molecule has 4 rings (SSSR count). The van der Waals surface area contributed by atoms with E-state index in [9.17, 15) is 0 Å². The first-order chi connectivity index (χ1) is 11.3. The van der Waals surface area contributed by atoms with Crippen LogP contribution >= 0.6 is 11.8 Å². The van der Waals surface area contributed by atoms with E-state index >= 15 is 0 Å². The van der Waals surface area contributed by atoms with Gasteiger partial charge in [-0.1, -0.05) is 35.9 Å². The molecule has 0 amide bonds. The largest absolute Gasteiger partial charge is 0.369 e. The lowest BCUT2D eigenvalue weighted by Gasteiger charge is -2.07. The van der Waals surface area contributed by atoms with Crippen LogP contribution in [0.3, 0.4) is 0 Å². The minimum atomic E-state index is 0.980. The number of hydrogen-bond acceptors (Lipinski definition) is 3. The number of thioether (sulfide) groups is 1. The number of aryl methyl sites for hydroxylation is 1. The Kier molecular flexibility index (Phi) is 3.62. The van der Waals surface area contributed by atoms with E-state index in [-0.39, 0.29) is 0 Å². The summed E-state index contributed by atoms with van der Waals surface area (Å²) in [4.78, 5) is 1.27. The summed E-state index contributed by atoms with van der Waals surface area (Å²) in [5.74, 6) is 1.14. The monoisotopic (exact) mass is 321 g/mol. The third kappa shape index (κ3) is 2.43. The second kappa shape index (κ2) is 5.78. The number of nitrogens with one attached hydrogen (secondary N) is 1.